The molecule has 148 valence electrons. The first kappa shape index (κ1) is 20.6. The topological polar surface area (TPSA) is 84.9 Å². The molecule has 1 aromatic carbocycles. The molecule has 1 aromatic heterocycles. The van der Waals surface area contributed by atoms with Gasteiger partial charge in [-0.25, -0.2) is 9.59 Å². The molecule has 2 aromatic rings. The van der Waals surface area contributed by atoms with Crippen LogP contribution in [0.15, 0.2) is 24.3 Å². The monoisotopic (exact) mass is 514 g/mol. The first-order valence-electron chi connectivity index (χ1n) is 8.66. The van der Waals surface area contributed by atoms with Crippen LogP contribution in [0.3, 0.4) is 0 Å². The van der Waals surface area contributed by atoms with Gasteiger partial charge in [0.25, 0.3) is 5.91 Å². The van der Waals surface area contributed by atoms with E-state index in [-0.39, 0.29) is 12.0 Å². The lowest BCUT2D eigenvalue weighted by Gasteiger charge is -2.26. The van der Waals surface area contributed by atoms with Crippen molar-refractivity contribution in [3.8, 4) is 0 Å². The van der Waals surface area contributed by atoms with Crippen LogP contribution in [0, 0.1) is 3.57 Å². The lowest BCUT2D eigenvalue weighted by Crippen LogP contribution is -2.36. The lowest BCUT2D eigenvalue weighted by molar-refractivity contribution is 0.0600. The summed E-state index contributed by atoms with van der Waals surface area (Å²) < 4.78 is 10.8. The average molecular weight is 514 g/mol. The van der Waals surface area contributed by atoms with Crippen molar-refractivity contribution in [1.82, 2.24) is 4.90 Å². The van der Waals surface area contributed by atoms with Gasteiger partial charge in [0.2, 0.25) is 0 Å². The second kappa shape index (κ2) is 8.91. The smallest absolute Gasteiger partial charge is 0.410 e. The van der Waals surface area contributed by atoms with Crippen molar-refractivity contribution in [2.75, 3.05) is 25.6 Å². The van der Waals surface area contributed by atoms with Crippen LogP contribution in [0.2, 0.25) is 0 Å². The highest BCUT2D eigenvalue weighted by Crippen LogP contribution is 2.38. The van der Waals surface area contributed by atoms with Crippen LogP contribution in [0.4, 0.5) is 9.80 Å². The van der Waals surface area contributed by atoms with Crippen molar-refractivity contribution < 1.29 is 23.9 Å². The Hall–Kier alpha value is -2.14. The molecule has 0 bridgehead atoms. The van der Waals surface area contributed by atoms with E-state index in [4.69, 9.17) is 9.47 Å². The number of fused-ring (bicyclic) bond motifs is 1. The van der Waals surface area contributed by atoms with E-state index in [1.165, 1.54) is 18.4 Å². The summed E-state index contributed by atoms with van der Waals surface area (Å²) in [5.41, 5.74) is 1.71. The van der Waals surface area contributed by atoms with Gasteiger partial charge >= 0.3 is 12.1 Å². The third-order valence-corrected chi connectivity index (χ3v) is 6.39. The Balaban J connectivity index is 1.92. The maximum absolute atomic E-state index is 12.7. The van der Waals surface area contributed by atoms with Gasteiger partial charge in [0.15, 0.2) is 0 Å². The van der Waals surface area contributed by atoms with Crippen LogP contribution in [-0.2, 0) is 22.4 Å². The highest BCUT2D eigenvalue weighted by Gasteiger charge is 2.31. The Morgan fingerprint density at radius 2 is 2.04 bits per heavy atom. The summed E-state index contributed by atoms with van der Waals surface area (Å²) in [6.45, 7) is 2.83. The highest BCUT2D eigenvalue weighted by molar-refractivity contribution is 14.1. The van der Waals surface area contributed by atoms with Gasteiger partial charge in [-0.3, -0.25) is 4.79 Å². The molecule has 0 fully saturated rings. The Bertz CT molecular complexity index is 927. The molecule has 2 heterocycles. The zero-order valence-corrected chi connectivity index (χ0v) is 18.4. The van der Waals surface area contributed by atoms with Crippen molar-refractivity contribution >= 4 is 56.9 Å². The summed E-state index contributed by atoms with van der Waals surface area (Å²) in [6, 6.07) is 7.21. The lowest BCUT2D eigenvalue weighted by atomic mass is 10.0. The van der Waals surface area contributed by atoms with Crippen molar-refractivity contribution in [2.24, 2.45) is 0 Å². The SMILES string of the molecule is CCOC(=O)N1CCc2c(sc(NC(=O)c3ccccc3I)c2C(=O)OC)C1. The van der Waals surface area contributed by atoms with Crippen LogP contribution in [0.1, 0.15) is 38.1 Å². The first-order chi connectivity index (χ1) is 13.5. The third kappa shape index (κ3) is 4.14. The van der Waals surface area contributed by atoms with Gasteiger partial charge in [0.1, 0.15) is 5.00 Å². The highest BCUT2D eigenvalue weighted by atomic mass is 127. The largest absolute Gasteiger partial charge is 0.465 e. The van der Waals surface area contributed by atoms with Crippen LogP contribution in [0.5, 0.6) is 0 Å². The minimum absolute atomic E-state index is 0.295. The predicted octanol–water partition coefficient (Wildman–Crippen LogP) is 3.91. The van der Waals surface area contributed by atoms with Gasteiger partial charge in [-0.05, 0) is 53.6 Å². The molecule has 0 atom stereocenters. The molecule has 1 N–H and O–H groups in total. The summed E-state index contributed by atoms with van der Waals surface area (Å²) in [5, 5.41) is 3.29. The van der Waals surface area contributed by atoms with E-state index in [1.54, 1.807) is 24.0 Å². The molecule has 3 rings (SSSR count). The van der Waals surface area contributed by atoms with E-state index >= 15 is 0 Å². The summed E-state index contributed by atoms with van der Waals surface area (Å²) in [4.78, 5) is 39.6. The Labute approximate surface area is 180 Å². The number of esters is 1. The fraction of sp³-hybridized carbons (Fsp3) is 0.316. The number of thiophene rings is 1. The number of rotatable bonds is 4. The molecule has 1 aliphatic heterocycles. The number of methoxy groups -OCH3 is 1. The predicted molar refractivity (Wildman–Crippen MR) is 114 cm³/mol. The van der Waals surface area contributed by atoms with Crippen LogP contribution >= 0.6 is 33.9 Å². The van der Waals surface area contributed by atoms with Gasteiger partial charge in [-0.15, -0.1) is 11.3 Å². The summed E-state index contributed by atoms with van der Waals surface area (Å²) in [7, 11) is 1.31. The molecule has 0 aliphatic carbocycles. The zero-order valence-electron chi connectivity index (χ0n) is 15.4. The maximum Gasteiger partial charge on any atom is 0.410 e. The molecule has 0 unspecified atom stereocenters. The number of ether oxygens (including phenoxy) is 2. The standard InChI is InChI=1S/C19H19IN2O5S/c1-3-27-19(25)22-9-8-12-14(10-22)28-17(15(12)18(24)26-2)21-16(23)11-6-4-5-7-13(11)20/h4-7H,3,8-10H2,1-2H3,(H,21,23). The van der Waals surface area contributed by atoms with Crippen molar-refractivity contribution in [3.63, 3.8) is 0 Å². The van der Waals surface area contributed by atoms with E-state index < -0.39 is 5.97 Å². The van der Waals surface area contributed by atoms with Crippen LogP contribution in [-0.4, -0.2) is 43.1 Å². The number of nitrogens with zero attached hydrogens (tertiary/aromatic N) is 1. The summed E-state index contributed by atoms with van der Waals surface area (Å²) in [6.07, 6.45) is 0.110. The van der Waals surface area contributed by atoms with E-state index in [0.717, 1.165) is 14.0 Å². The molecule has 28 heavy (non-hydrogen) atoms. The quantitative estimate of drug-likeness (QED) is 0.494. The number of nitrogens with one attached hydrogen (secondary N) is 1. The van der Waals surface area contributed by atoms with E-state index in [9.17, 15) is 14.4 Å². The van der Waals surface area contributed by atoms with Crippen LogP contribution < -0.4 is 5.32 Å². The Morgan fingerprint density at radius 1 is 1.29 bits per heavy atom. The minimum Gasteiger partial charge on any atom is -0.465 e. The van der Waals surface area contributed by atoms with Gasteiger partial charge < -0.3 is 19.7 Å². The number of hydrogen-bond donors (Lipinski definition) is 1. The number of benzene rings is 1. The normalized spacial score (nSPS) is 12.9. The molecule has 1 aliphatic rings. The first-order valence-corrected chi connectivity index (χ1v) is 10.6. The van der Waals surface area contributed by atoms with Crippen molar-refractivity contribution in [1.29, 1.82) is 0 Å². The van der Waals surface area contributed by atoms with Crippen LogP contribution in [0.25, 0.3) is 0 Å². The zero-order chi connectivity index (χ0) is 20.3. The average Bonchev–Trinajstić information content (AvgIpc) is 3.04. The fourth-order valence-corrected chi connectivity index (χ4v) is 4.87. The molecular formula is C19H19IN2O5S. The van der Waals surface area contributed by atoms with E-state index in [2.05, 4.69) is 27.9 Å². The fourth-order valence-electron chi connectivity index (χ4n) is 3.00. The maximum atomic E-state index is 12.7. The second-order valence-corrected chi connectivity index (χ2v) is 8.27. The Kier molecular flexibility index (Phi) is 6.55. The number of hydrogen-bond acceptors (Lipinski definition) is 6. The molecule has 0 spiro atoms. The number of halogens is 1. The molecule has 2 amide bonds. The van der Waals surface area contributed by atoms with E-state index in [1.807, 2.05) is 12.1 Å². The summed E-state index contributed by atoms with van der Waals surface area (Å²) >= 11 is 3.38. The molecule has 7 nitrogen and oxygen atoms in total. The number of carbonyl (C=O) groups excluding carboxylic acids is 3. The van der Waals surface area contributed by atoms with Gasteiger partial charge in [-0.2, -0.15) is 0 Å². The van der Waals surface area contributed by atoms with E-state index in [0.29, 0.717) is 42.2 Å². The van der Waals surface area contributed by atoms with Crippen molar-refractivity contribution in [3.05, 3.63) is 49.4 Å². The summed E-state index contributed by atoms with van der Waals surface area (Å²) in [5.74, 6) is -0.795. The van der Waals surface area contributed by atoms with Crippen molar-refractivity contribution in [2.45, 2.75) is 19.9 Å². The molecular weight excluding hydrogens is 495 g/mol. The number of amides is 2. The number of anilines is 1. The molecule has 0 radical (unpaired) electrons. The molecule has 9 heteroatoms. The van der Waals surface area contributed by atoms with Gasteiger partial charge in [0.05, 0.1) is 31.4 Å². The van der Waals surface area contributed by atoms with Gasteiger partial charge in [-0.1, -0.05) is 12.1 Å². The van der Waals surface area contributed by atoms with Gasteiger partial charge in [0, 0.05) is 15.0 Å². The second-order valence-electron chi connectivity index (χ2n) is 6.00. The Morgan fingerprint density at radius 3 is 2.71 bits per heavy atom. The number of carbonyl (C=O) groups is 3. The molecule has 0 saturated carbocycles. The molecule has 0 saturated heterocycles. The minimum atomic E-state index is -0.500. The third-order valence-electron chi connectivity index (χ3n) is 4.32.